The summed E-state index contributed by atoms with van der Waals surface area (Å²) in [6.45, 7) is 0. The number of benzene rings is 1. The average molecular weight is 333 g/mol. The molecule has 3 rings (SSSR count). The average Bonchev–Trinajstić information content (AvgIpc) is 3.17. The minimum absolute atomic E-state index is 0.0755. The number of furan rings is 1. The van der Waals surface area contributed by atoms with Gasteiger partial charge in [-0.05, 0) is 24.3 Å². The molecule has 0 saturated heterocycles. The molecule has 0 aliphatic rings. The van der Waals surface area contributed by atoms with E-state index in [1.807, 2.05) is 41.8 Å². The van der Waals surface area contributed by atoms with Crippen molar-refractivity contribution in [2.45, 2.75) is 12.8 Å². The molecular formula is C16H13ClN2O2S. The third-order valence-corrected chi connectivity index (χ3v) is 4.08. The minimum Gasteiger partial charge on any atom is -0.469 e. The standard InChI is InChI=1S/C16H13ClN2O2S/c17-12-5-3-11(4-6-12)14-10-22-16(18-14)19-15(20)8-7-13-2-1-9-21-13/h1-6,9-10H,7-8H2,(H,18,19,20). The van der Waals surface area contributed by atoms with Gasteiger partial charge in [-0.1, -0.05) is 23.7 Å². The molecule has 0 unspecified atom stereocenters. The van der Waals surface area contributed by atoms with Gasteiger partial charge in [-0.15, -0.1) is 11.3 Å². The van der Waals surface area contributed by atoms with E-state index in [1.165, 1.54) is 11.3 Å². The summed E-state index contributed by atoms with van der Waals surface area (Å²) in [7, 11) is 0. The van der Waals surface area contributed by atoms with Gasteiger partial charge in [0.15, 0.2) is 5.13 Å². The number of aromatic nitrogens is 1. The summed E-state index contributed by atoms with van der Waals surface area (Å²) in [5, 5.41) is 5.99. The Morgan fingerprint density at radius 2 is 2.09 bits per heavy atom. The molecule has 0 bridgehead atoms. The number of amides is 1. The van der Waals surface area contributed by atoms with Crippen molar-refractivity contribution in [3.05, 3.63) is 58.8 Å². The van der Waals surface area contributed by atoms with Gasteiger partial charge >= 0.3 is 0 Å². The fourth-order valence-electron chi connectivity index (χ4n) is 1.96. The molecule has 2 heterocycles. The zero-order chi connectivity index (χ0) is 15.4. The van der Waals surface area contributed by atoms with E-state index in [1.54, 1.807) is 6.26 Å². The zero-order valence-corrected chi connectivity index (χ0v) is 13.2. The Kier molecular flexibility index (Phi) is 4.56. The number of nitrogens with one attached hydrogen (secondary N) is 1. The first-order valence-electron chi connectivity index (χ1n) is 6.74. The summed E-state index contributed by atoms with van der Waals surface area (Å²) in [6, 6.07) is 11.1. The molecule has 0 atom stereocenters. The molecule has 0 spiro atoms. The summed E-state index contributed by atoms with van der Waals surface area (Å²) in [5.41, 5.74) is 1.79. The fraction of sp³-hybridized carbons (Fsp3) is 0.125. The maximum Gasteiger partial charge on any atom is 0.226 e. The van der Waals surface area contributed by atoms with Crippen molar-refractivity contribution >= 4 is 34.0 Å². The number of hydrogen-bond acceptors (Lipinski definition) is 4. The number of halogens is 1. The molecule has 2 aromatic heterocycles. The van der Waals surface area contributed by atoms with Crippen LogP contribution in [0.3, 0.4) is 0 Å². The molecule has 4 nitrogen and oxygen atoms in total. The monoisotopic (exact) mass is 332 g/mol. The van der Waals surface area contributed by atoms with Gasteiger partial charge in [0.1, 0.15) is 5.76 Å². The van der Waals surface area contributed by atoms with Crippen LogP contribution in [0.4, 0.5) is 5.13 Å². The second-order valence-electron chi connectivity index (χ2n) is 4.67. The lowest BCUT2D eigenvalue weighted by Crippen LogP contribution is -2.11. The predicted molar refractivity (Wildman–Crippen MR) is 88.2 cm³/mol. The first kappa shape index (κ1) is 14.8. The van der Waals surface area contributed by atoms with Crippen LogP contribution < -0.4 is 5.32 Å². The van der Waals surface area contributed by atoms with Crippen LogP contribution in [0, 0.1) is 0 Å². The van der Waals surface area contributed by atoms with Crippen LogP contribution in [0.15, 0.2) is 52.5 Å². The number of aryl methyl sites for hydroxylation is 1. The molecule has 1 amide bonds. The zero-order valence-electron chi connectivity index (χ0n) is 11.6. The number of hydrogen-bond donors (Lipinski definition) is 1. The van der Waals surface area contributed by atoms with Gasteiger partial charge in [0.2, 0.25) is 5.91 Å². The van der Waals surface area contributed by atoms with E-state index in [4.69, 9.17) is 16.0 Å². The Bertz CT molecular complexity index is 751. The van der Waals surface area contributed by atoms with Crippen molar-refractivity contribution in [2.75, 3.05) is 5.32 Å². The van der Waals surface area contributed by atoms with E-state index in [2.05, 4.69) is 10.3 Å². The van der Waals surface area contributed by atoms with E-state index < -0.39 is 0 Å². The molecule has 1 aromatic carbocycles. The van der Waals surface area contributed by atoms with Gasteiger partial charge in [0.05, 0.1) is 12.0 Å². The van der Waals surface area contributed by atoms with Crippen LogP contribution in [0.2, 0.25) is 5.02 Å². The minimum atomic E-state index is -0.0755. The second-order valence-corrected chi connectivity index (χ2v) is 5.97. The molecule has 0 aliphatic carbocycles. The number of carbonyl (C=O) groups excluding carboxylic acids is 1. The molecular weight excluding hydrogens is 320 g/mol. The SMILES string of the molecule is O=C(CCc1ccco1)Nc1nc(-c2ccc(Cl)cc2)cs1. The number of thiazole rings is 1. The third kappa shape index (κ3) is 3.75. The van der Waals surface area contributed by atoms with Gasteiger partial charge < -0.3 is 9.73 Å². The summed E-state index contributed by atoms with van der Waals surface area (Å²) < 4.78 is 5.20. The Labute approximate surface area is 136 Å². The smallest absolute Gasteiger partial charge is 0.226 e. The van der Waals surface area contributed by atoms with Crippen LogP contribution in [0.1, 0.15) is 12.2 Å². The summed E-state index contributed by atoms with van der Waals surface area (Å²) in [5.74, 6) is 0.726. The maximum atomic E-state index is 11.9. The summed E-state index contributed by atoms with van der Waals surface area (Å²) >= 11 is 7.27. The Morgan fingerprint density at radius 1 is 1.27 bits per heavy atom. The number of nitrogens with zero attached hydrogens (tertiary/aromatic N) is 1. The van der Waals surface area contributed by atoms with Crippen LogP contribution >= 0.6 is 22.9 Å². The Balaban J connectivity index is 1.59. The lowest BCUT2D eigenvalue weighted by molar-refractivity contribution is -0.116. The van der Waals surface area contributed by atoms with E-state index in [9.17, 15) is 4.79 Å². The topological polar surface area (TPSA) is 55.1 Å². The van der Waals surface area contributed by atoms with Crippen molar-refractivity contribution in [3.63, 3.8) is 0 Å². The van der Waals surface area contributed by atoms with E-state index in [0.29, 0.717) is 23.0 Å². The van der Waals surface area contributed by atoms with Crippen molar-refractivity contribution < 1.29 is 9.21 Å². The molecule has 0 radical (unpaired) electrons. The van der Waals surface area contributed by atoms with Crippen molar-refractivity contribution in [3.8, 4) is 11.3 Å². The van der Waals surface area contributed by atoms with E-state index >= 15 is 0 Å². The van der Waals surface area contributed by atoms with Gasteiger partial charge in [-0.2, -0.15) is 0 Å². The highest BCUT2D eigenvalue weighted by atomic mass is 35.5. The normalized spacial score (nSPS) is 10.6. The van der Waals surface area contributed by atoms with Gasteiger partial charge in [0, 0.05) is 28.8 Å². The molecule has 6 heteroatoms. The van der Waals surface area contributed by atoms with Crippen molar-refractivity contribution in [1.82, 2.24) is 4.98 Å². The number of carbonyl (C=O) groups is 1. The van der Waals surface area contributed by atoms with Crippen molar-refractivity contribution in [2.24, 2.45) is 0 Å². The Morgan fingerprint density at radius 3 is 2.82 bits per heavy atom. The maximum absolute atomic E-state index is 11.9. The lowest BCUT2D eigenvalue weighted by atomic mass is 10.2. The van der Waals surface area contributed by atoms with Gasteiger partial charge in [0.25, 0.3) is 0 Å². The first-order valence-corrected chi connectivity index (χ1v) is 8.00. The highest BCUT2D eigenvalue weighted by Crippen LogP contribution is 2.26. The van der Waals surface area contributed by atoms with Crippen LogP contribution in [0.25, 0.3) is 11.3 Å². The Hall–Kier alpha value is -2.11. The molecule has 22 heavy (non-hydrogen) atoms. The summed E-state index contributed by atoms with van der Waals surface area (Å²) in [4.78, 5) is 16.3. The van der Waals surface area contributed by atoms with Crippen molar-refractivity contribution in [1.29, 1.82) is 0 Å². The fourth-order valence-corrected chi connectivity index (χ4v) is 2.82. The number of rotatable bonds is 5. The molecule has 3 aromatic rings. The van der Waals surface area contributed by atoms with E-state index in [-0.39, 0.29) is 5.91 Å². The first-order chi connectivity index (χ1) is 10.7. The lowest BCUT2D eigenvalue weighted by Gasteiger charge is -2.00. The van der Waals surface area contributed by atoms with Gasteiger partial charge in [-0.25, -0.2) is 4.98 Å². The second kappa shape index (κ2) is 6.77. The highest BCUT2D eigenvalue weighted by Gasteiger charge is 2.09. The molecule has 112 valence electrons. The molecule has 0 saturated carbocycles. The van der Waals surface area contributed by atoms with Gasteiger partial charge in [-0.3, -0.25) is 4.79 Å². The largest absolute Gasteiger partial charge is 0.469 e. The highest BCUT2D eigenvalue weighted by molar-refractivity contribution is 7.14. The third-order valence-electron chi connectivity index (χ3n) is 3.07. The summed E-state index contributed by atoms with van der Waals surface area (Å²) in [6.07, 6.45) is 2.55. The van der Waals surface area contributed by atoms with Crippen LogP contribution in [-0.4, -0.2) is 10.9 Å². The van der Waals surface area contributed by atoms with Crippen LogP contribution in [0.5, 0.6) is 0 Å². The molecule has 1 N–H and O–H groups in total. The quantitative estimate of drug-likeness (QED) is 0.741. The van der Waals surface area contributed by atoms with E-state index in [0.717, 1.165) is 17.0 Å². The van der Waals surface area contributed by atoms with Crippen LogP contribution in [-0.2, 0) is 11.2 Å². The number of anilines is 1. The molecule has 0 fully saturated rings. The molecule has 0 aliphatic heterocycles. The predicted octanol–water partition coefficient (Wildman–Crippen LogP) is 4.63.